The number of benzene rings is 3. The van der Waals surface area contributed by atoms with Gasteiger partial charge in [-0.15, -0.1) is 0 Å². The Bertz CT molecular complexity index is 1040. The maximum atomic E-state index is 6.33. The molecule has 1 fully saturated rings. The zero-order chi connectivity index (χ0) is 25.2. The standard InChI is InChI=1S/C30H36O6/c1-4-26-24(16-30-35-28(20-31-2)29(36-30)21-32-3)15-25(33-18-22-11-7-5-8-12-22)17-27(26)34-19-23-13-9-6-10-14-23/h5-15,17,28-30H,4,16,18-21H2,1-3H3/t28-,29-/m1/s1. The van der Waals surface area contributed by atoms with Gasteiger partial charge in [-0.05, 0) is 34.7 Å². The first-order valence-electron chi connectivity index (χ1n) is 12.5. The van der Waals surface area contributed by atoms with E-state index in [2.05, 4.69) is 37.3 Å². The van der Waals surface area contributed by atoms with Gasteiger partial charge in [0.05, 0.1) is 13.2 Å². The van der Waals surface area contributed by atoms with Crippen LogP contribution < -0.4 is 9.47 Å². The molecule has 6 heteroatoms. The molecule has 0 radical (unpaired) electrons. The zero-order valence-corrected chi connectivity index (χ0v) is 21.4. The summed E-state index contributed by atoms with van der Waals surface area (Å²) in [6, 6.07) is 24.4. The third-order valence-electron chi connectivity index (χ3n) is 6.23. The van der Waals surface area contributed by atoms with Crippen molar-refractivity contribution in [3.8, 4) is 11.5 Å². The molecule has 0 aromatic heterocycles. The molecule has 3 aromatic rings. The molecule has 0 bridgehead atoms. The highest BCUT2D eigenvalue weighted by atomic mass is 16.7. The van der Waals surface area contributed by atoms with Crippen molar-refractivity contribution in [2.75, 3.05) is 27.4 Å². The predicted octanol–water partition coefficient (Wildman–Crippen LogP) is 5.35. The van der Waals surface area contributed by atoms with Gasteiger partial charge in [0.1, 0.15) is 36.9 Å². The molecule has 0 aliphatic carbocycles. The quantitative estimate of drug-likeness (QED) is 0.321. The van der Waals surface area contributed by atoms with Crippen LogP contribution in [0.3, 0.4) is 0 Å². The molecule has 2 atom stereocenters. The third kappa shape index (κ3) is 7.08. The van der Waals surface area contributed by atoms with Crippen molar-refractivity contribution in [2.45, 2.75) is 51.5 Å². The van der Waals surface area contributed by atoms with Crippen LogP contribution >= 0.6 is 0 Å². The highest BCUT2D eigenvalue weighted by molar-refractivity contribution is 5.47. The average Bonchev–Trinajstić information content (AvgIpc) is 3.28. The lowest BCUT2D eigenvalue weighted by molar-refractivity contribution is -0.0753. The Morgan fingerprint density at radius 2 is 1.28 bits per heavy atom. The smallest absolute Gasteiger partial charge is 0.162 e. The molecule has 36 heavy (non-hydrogen) atoms. The summed E-state index contributed by atoms with van der Waals surface area (Å²) < 4.78 is 35.6. The fourth-order valence-corrected chi connectivity index (χ4v) is 4.44. The second kappa shape index (κ2) is 13.4. The SMILES string of the molecule is CCc1c(CC2O[C@H](COC)[C@@H](COC)O2)cc(OCc2ccccc2)cc1OCc1ccccc1. The van der Waals surface area contributed by atoms with Crippen molar-refractivity contribution in [1.82, 2.24) is 0 Å². The van der Waals surface area contributed by atoms with E-state index in [-0.39, 0.29) is 12.2 Å². The molecule has 0 amide bonds. The highest BCUT2D eigenvalue weighted by Gasteiger charge is 2.36. The van der Waals surface area contributed by atoms with E-state index in [4.69, 9.17) is 28.4 Å². The molecule has 0 saturated carbocycles. The minimum atomic E-state index is -0.401. The molecule has 3 aromatic carbocycles. The molecule has 6 nitrogen and oxygen atoms in total. The normalized spacial score (nSPS) is 17.9. The van der Waals surface area contributed by atoms with Crippen molar-refractivity contribution >= 4 is 0 Å². The van der Waals surface area contributed by atoms with Crippen LogP contribution in [0.15, 0.2) is 72.8 Å². The second-order valence-electron chi connectivity index (χ2n) is 8.85. The van der Waals surface area contributed by atoms with Gasteiger partial charge in [0, 0.05) is 26.7 Å². The van der Waals surface area contributed by atoms with Crippen LogP contribution in [0.5, 0.6) is 11.5 Å². The summed E-state index contributed by atoms with van der Waals surface area (Å²) in [5.41, 5.74) is 4.44. The lowest BCUT2D eigenvalue weighted by atomic mass is 10.00. The van der Waals surface area contributed by atoms with Crippen LogP contribution in [-0.2, 0) is 45.0 Å². The topological polar surface area (TPSA) is 55.4 Å². The number of rotatable bonds is 13. The van der Waals surface area contributed by atoms with Gasteiger partial charge in [0.25, 0.3) is 0 Å². The van der Waals surface area contributed by atoms with Crippen molar-refractivity contribution in [3.05, 3.63) is 95.1 Å². The van der Waals surface area contributed by atoms with Gasteiger partial charge in [-0.2, -0.15) is 0 Å². The molecular formula is C30H36O6. The van der Waals surface area contributed by atoms with E-state index in [0.29, 0.717) is 32.8 Å². The van der Waals surface area contributed by atoms with Crippen molar-refractivity contribution in [1.29, 1.82) is 0 Å². The van der Waals surface area contributed by atoms with Gasteiger partial charge in [-0.3, -0.25) is 0 Å². The van der Waals surface area contributed by atoms with Crippen LogP contribution in [0, 0.1) is 0 Å². The Morgan fingerprint density at radius 1 is 0.722 bits per heavy atom. The monoisotopic (exact) mass is 492 g/mol. The molecular weight excluding hydrogens is 456 g/mol. The minimum absolute atomic E-state index is 0.170. The van der Waals surface area contributed by atoms with E-state index in [1.54, 1.807) is 14.2 Å². The summed E-state index contributed by atoms with van der Waals surface area (Å²) in [6.45, 7) is 4.01. The van der Waals surface area contributed by atoms with E-state index in [1.165, 1.54) is 0 Å². The molecule has 192 valence electrons. The Labute approximate surface area is 214 Å². The van der Waals surface area contributed by atoms with E-state index in [9.17, 15) is 0 Å². The lowest BCUT2D eigenvalue weighted by Gasteiger charge is -2.19. The van der Waals surface area contributed by atoms with E-state index in [0.717, 1.165) is 40.2 Å². The van der Waals surface area contributed by atoms with Crippen molar-refractivity contribution in [2.24, 2.45) is 0 Å². The fourth-order valence-electron chi connectivity index (χ4n) is 4.44. The summed E-state index contributed by atoms with van der Waals surface area (Å²) >= 11 is 0. The molecule has 1 aliphatic rings. The van der Waals surface area contributed by atoms with Crippen molar-refractivity contribution < 1.29 is 28.4 Å². The number of hydrogen-bond donors (Lipinski definition) is 0. The van der Waals surface area contributed by atoms with Gasteiger partial charge in [0.15, 0.2) is 6.29 Å². The summed E-state index contributed by atoms with van der Waals surface area (Å²) in [5, 5.41) is 0. The van der Waals surface area contributed by atoms with Gasteiger partial charge < -0.3 is 28.4 Å². The molecule has 1 heterocycles. The third-order valence-corrected chi connectivity index (χ3v) is 6.23. The van der Waals surface area contributed by atoms with E-state index >= 15 is 0 Å². The minimum Gasteiger partial charge on any atom is -0.489 e. The summed E-state index contributed by atoms with van der Waals surface area (Å²) in [6.07, 6.45) is 0.650. The van der Waals surface area contributed by atoms with Gasteiger partial charge in [0.2, 0.25) is 0 Å². The van der Waals surface area contributed by atoms with Crippen LogP contribution in [0.2, 0.25) is 0 Å². The molecule has 0 spiro atoms. The molecule has 0 N–H and O–H groups in total. The van der Waals surface area contributed by atoms with Gasteiger partial charge in [-0.1, -0.05) is 67.6 Å². The number of ether oxygens (including phenoxy) is 6. The highest BCUT2D eigenvalue weighted by Crippen LogP contribution is 2.33. The van der Waals surface area contributed by atoms with Crippen LogP contribution in [0.25, 0.3) is 0 Å². The van der Waals surface area contributed by atoms with E-state index in [1.807, 2.05) is 42.5 Å². The predicted molar refractivity (Wildman–Crippen MR) is 138 cm³/mol. The summed E-state index contributed by atoms with van der Waals surface area (Å²) in [5.74, 6) is 1.58. The Balaban J connectivity index is 1.57. The summed E-state index contributed by atoms with van der Waals surface area (Å²) in [4.78, 5) is 0. The van der Waals surface area contributed by atoms with Crippen LogP contribution in [0.1, 0.15) is 29.2 Å². The first-order chi connectivity index (χ1) is 17.7. The molecule has 1 saturated heterocycles. The lowest BCUT2D eigenvalue weighted by Crippen LogP contribution is -2.30. The molecule has 1 aliphatic heterocycles. The Hall–Kier alpha value is -2.90. The Morgan fingerprint density at radius 3 is 1.81 bits per heavy atom. The second-order valence-corrected chi connectivity index (χ2v) is 8.85. The molecule has 4 rings (SSSR count). The fraction of sp³-hybridized carbons (Fsp3) is 0.400. The van der Waals surface area contributed by atoms with Crippen molar-refractivity contribution in [3.63, 3.8) is 0 Å². The van der Waals surface area contributed by atoms with Crippen LogP contribution in [0.4, 0.5) is 0 Å². The van der Waals surface area contributed by atoms with Crippen LogP contribution in [-0.4, -0.2) is 45.9 Å². The average molecular weight is 493 g/mol. The first-order valence-corrected chi connectivity index (χ1v) is 12.5. The zero-order valence-electron chi connectivity index (χ0n) is 21.4. The van der Waals surface area contributed by atoms with Gasteiger partial charge >= 0.3 is 0 Å². The van der Waals surface area contributed by atoms with E-state index < -0.39 is 6.29 Å². The number of methoxy groups -OCH3 is 2. The van der Waals surface area contributed by atoms with Gasteiger partial charge in [-0.25, -0.2) is 0 Å². The Kier molecular flexibility index (Phi) is 9.76. The first kappa shape index (κ1) is 26.2. The maximum Gasteiger partial charge on any atom is 0.162 e. The largest absolute Gasteiger partial charge is 0.489 e. The maximum absolute atomic E-state index is 6.33. The summed E-state index contributed by atoms with van der Waals surface area (Å²) in [7, 11) is 3.33. The molecule has 0 unspecified atom stereocenters. The number of hydrogen-bond acceptors (Lipinski definition) is 6.